The van der Waals surface area contributed by atoms with Crippen molar-refractivity contribution in [3.05, 3.63) is 42.5 Å². The summed E-state index contributed by atoms with van der Waals surface area (Å²) in [5.74, 6) is 1.98. The van der Waals surface area contributed by atoms with Crippen molar-refractivity contribution in [2.24, 2.45) is 5.92 Å². The van der Waals surface area contributed by atoms with Crippen LogP contribution in [-0.2, 0) is 9.59 Å². The highest BCUT2D eigenvalue weighted by molar-refractivity contribution is 6.00. The Morgan fingerprint density at radius 1 is 1.03 bits per heavy atom. The van der Waals surface area contributed by atoms with Gasteiger partial charge >= 0.3 is 0 Å². The maximum Gasteiger partial charge on any atom is 0.231 e. The molecule has 0 aromatic heterocycles. The Labute approximate surface area is 167 Å². The minimum Gasteiger partial charge on any atom is -0.486 e. The number of nitrogens with zero attached hydrogens (tertiary/aromatic N) is 1. The summed E-state index contributed by atoms with van der Waals surface area (Å²) in [7, 11) is 0. The third-order valence-corrected chi connectivity index (χ3v) is 5.24. The molecule has 2 amide bonds. The summed E-state index contributed by atoms with van der Waals surface area (Å²) in [6.07, 6.45) is -0.0959. The minimum absolute atomic E-state index is 0.0878. The van der Waals surface area contributed by atoms with Crippen LogP contribution < -0.4 is 29.2 Å². The fraction of sp³-hybridized carbons (Fsp3) is 0.333. The van der Waals surface area contributed by atoms with Crippen LogP contribution >= 0.6 is 0 Å². The third-order valence-electron chi connectivity index (χ3n) is 5.24. The van der Waals surface area contributed by atoms with E-state index in [9.17, 15) is 9.59 Å². The van der Waals surface area contributed by atoms with E-state index in [1.165, 1.54) is 0 Å². The monoisotopic (exact) mass is 396 g/mol. The van der Waals surface area contributed by atoms with E-state index < -0.39 is 5.92 Å². The average molecular weight is 396 g/mol. The lowest BCUT2D eigenvalue weighted by molar-refractivity contribution is -0.126. The molecule has 150 valence electrons. The number of fused-ring (bicyclic) bond motifs is 2. The predicted molar refractivity (Wildman–Crippen MR) is 102 cm³/mol. The molecule has 0 bridgehead atoms. The summed E-state index contributed by atoms with van der Waals surface area (Å²) in [5, 5.41) is 2.89. The van der Waals surface area contributed by atoms with E-state index in [4.69, 9.17) is 18.9 Å². The van der Waals surface area contributed by atoms with Gasteiger partial charge in [-0.1, -0.05) is 12.1 Å². The Morgan fingerprint density at radius 2 is 1.83 bits per heavy atom. The van der Waals surface area contributed by atoms with Gasteiger partial charge in [0.25, 0.3) is 0 Å². The number of carbonyl (C=O) groups is 2. The molecule has 1 saturated heterocycles. The lowest BCUT2D eigenvalue weighted by atomic mass is 10.1. The SMILES string of the molecule is O=C(NCC1COc2ccccc2O1)C1CC(=O)N(c2ccc3c(c2)OCO3)C1. The van der Waals surface area contributed by atoms with Gasteiger partial charge in [-0.25, -0.2) is 0 Å². The first-order chi connectivity index (χ1) is 14.2. The molecule has 2 atom stereocenters. The number of nitrogens with one attached hydrogen (secondary N) is 1. The molecule has 5 rings (SSSR count). The minimum atomic E-state index is -0.412. The highest BCUT2D eigenvalue weighted by Gasteiger charge is 2.36. The molecule has 3 heterocycles. The van der Waals surface area contributed by atoms with E-state index in [1.54, 1.807) is 23.1 Å². The van der Waals surface area contributed by atoms with Gasteiger partial charge in [-0.2, -0.15) is 0 Å². The van der Waals surface area contributed by atoms with Crippen molar-refractivity contribution in [2.45, 2.75) is 12.5 Å². The third kappa shape index (κ3) is 3.41. The van der Waals surface area contributed by atoms with Crippen LogP contribution in [0.4, 0.5) is 5.69 Å². The van der Waals surface area contributed by atoms with Crippen molar-refractivity contribution in [3.63, 3.8) is 0 Å². The van der Waals surface area contributed by atoms with E-state index in [0.717, 1.165) is 0 Å². The molecule has 0 radical (unpaired) electrons. The van der Waals surface area contributed by atoms with Gasteiger partial charge in [0.2, 0.25) is 18.6 Å². The molecule has 0 spiro atoms. The Hall–Kier alpha value is -3.42. The Balaban J connectivity index is 1.18. The second-order valence-corrected chi connectivity index (χ2v) is 7.19. The molecule has 2 aromatic rings. The largest absolute Gasteiger partial charge is 0.486 e. The number of rotatable bonds is 4. The van der Waals surface area contributed by atoms with E-state index in [0.29, 0.717) is 48.4 Å². The topological polar surface area (TPSA) is 86.3 Å². The van der Waals surface area contributed by atoms with E-state index >= 15 is 0 Å². The van der Waals surface area contributed by atoms with Crippen LogP contribution in [0.1, 0.15) is 6.42 Å². The fourth-order valence-corrected chi connectivity index (χ4v) is 3.71. The number of anilines is 1. The van der Waals surface area contributed by atoms with Gasteiger partial charge in [0.1, 0.15) is 12.7 Å². The summed E-state index contributed by atoms with van der Waals surface area (Å²) in [6.45, 7) is 1.19. The van der Waals surface area contributed by atoms with Crippen molar-refractivity contribution < 1.29 is 28.5 Å². The van der Waals surface area contributed by atoms with E-state index in [-0.39, 0.29) is 31.1 Å². The highest BCUT2D eigenvalue weighted by Crippen LogP contribution is 2.37. The molecule has 1 fully saturated rings. The fourth-order valence-electron chi connectivity index (χ4n) is 3.71. The maximum absolute atomic E-state index is 12.6. The van der Waals surface area contributed by atoms with Crippen molar-refractivity contribution in [3.8, 4) is 23.0 Å². The van der Waals surface area contributed by atoms with Crippen LogP contribution in [0.2, 0.25) is 0 Å². The normalized spacial score (nSPS) is 21.9. The van der Waals surface area contributed by atoms with Crippen LogP contribution in [0.15, 0.2) is 42.5 Å². The van der Waals surface area contributed by atoms with Crippen molar-refractivity contribution >= 4 is 17.5 Å². The second-order valence-electron chi connectivity index (χ2n) is 7.19. The predicted octanol–water partition coefficient (Wildman–Crippen LogP) is 1.72. The molecular formula is C21H20N2O6. The molecule has 3 aliphatic rings. The number of hydrogen-bond donors (Lipinski definition) is 1. The number of ether oxygens (including phenoxy) is 4. The standard InChI is InChI=1S/C21H20N2O6/c24-20-7-13(10-23(20)14-5-6-17-19(8-14)28-12-27-17)21(25)22-9-15-11-26-16-3-1-2-4-18(16)29-15/h1-6,8,13,15H,7,9-12H2,(H,22,25). The van der Waals surface area contributed by atoms with Gasteiger partial charge in [0.05, 0.1) is 12.5 Å². The first-order valence-corrected chi connectivity index (χ1v) is 9.53. The number of benzene rings is 2. The highest BCUT2D eigenvalue weighted by atomic mass is 16.7. The van der Waals surface area contributed by atoms with Gasteiger partial charge in [-0.05, 0) is 24.3 Å². The zero-order valence-corrected chi connectivity index (χ0v) is 15.6. The molecule has 2 aromatic carbocycles. The van der Waals surface area contributed by atoms with Gasteiger partial charge in [-0.3, -0.25) is 9.59 Å². The molecule has 8 heteroatoms. The summed E-state index contributed by atoms with van der Waals surface area (Å²) >= 11 is 0. The second kappa shape index (κ2) is 7.20. The van der Waals surface area contributed by atoms with Crippen LogP contribution in [0.3, 0.4) is 0 Å². The smallest absolute Gasteiger partial charge is 0.231 e. The van der Waals surface area contributed by atoms with E-state index in [2.05, 4.69) is 5.32 Å². The number of para-hydroxylation sites is 2. The van der Waals surface area contributed by atoms with Crippen LogP contribution in [0.25, 0.3) is 0 Å². The van der Waals surface area contributed by atoms with Gasteiger partial charge in [0.15, 0.2) is 23.0 Å². The van der Waals surface area contributed by atoms with E-state index in [1.807, 2.05) is 24.3 Å². The van der Waals surface area contributed by atoms with Gasteiger partial charge < -0.3 is 29.2 Å². The summed E-state index contributed by atoms with van der Waals surface area (Å²) in [4.78, 5) is 26.7. The summed E-state index contributed by atoms with van der Waals surface area (Å²) < 4.78 is 22.2. The molecule has 0 aliphatic carbocycles. The lowest BCUT2D eigenvalue weighted by Gasteiger charge is -2.26. The molecular weight excluding hydrogens is 376 g/mol. The zero-order chi connectivity index (χ0) is 19.8. The number of amides is 2. The first kappa shape index (κ1) is 17.7. The summed E-state index contributed by atoms with van der Waals surface area (Å²) in [6, 6.07) is 12.8. The molecule has 1 N–H and O–H groups in total. The Bertz CT molecular complexity index is 962. The van der Waals surface area contributed by atoms with Crippen molar-refractivity contribution in [1.82, 2.24) is 5.32 Å². The van der Waals surface area contributed by atoms with Gasteiger partial charge in [0, 0.05) is 24.7 Å². The molecule has 8 nitrogen and oxygen atoms in total. The molecule has 3 aliphatic heterocycles. The molecule has 2 unspecified atom stereocenters. The number of carbonyl (C=O) groups excluding carboxylic acids is 2. The number of hydrogen-bond acceptors (Lipinski definition) is 6. The molecule has 0 saturated carbocycles. The van der Waals surface area contributed by atoms with Crippen LogP contribution in [0.5, 0.6) is 23.0 Å². The maximum atomic E-state index is 12.6. The quantitative estimate of drug-likeness (QED) is 0.847. The van der Waals surface area contributed by atoms with Gasteiger partial charge in [-0.15, -0.1) is 0 Å². The van der Waals surface area contributed by atoms with Crippen molar-refractivity contribution in [2.75, 3.05) is 31.4 Å². The zero-order valence-electron chi connectivity index (χ0n) is 15.6. The van der Waals surface area contributed by atoms with Crippen LogP contribution in [-0.4, -0.2) is 44.4 Å². The average Bonchev–Trinajstić information content (AvgIpc) is 3.37. The van der Waals surface area contributed by atoms with Crippen LogP contribution in [0, 0.1) is 5.92 Å². The molecule has 29 heavy (non-hydrogen) atoms. The van der Waals surface area contributed by atoms with Crippen molar-refractivity contribution in [1.29, 1.82) is 0 Å². The Morgan fingerprint density at radius 3 is 2.72 bits per heavy atom. The first-order valence-electron chi connectivity index (χ1n) is 9.53. The lowest BCUT2D eigenvalue weighted by Crippen LogP contribution is -2.43. The Kier molecular flexibility index (Phi) is 4.38. The summed E-state index contributed by atoms with van der Waals surface area (Å²) in [5.41, 5.74) is 0.704.